The Hall–Kier alpha value is -5.10. The van der Waals surface area contributed by atoms with Crippen molar-refractivity contribution in [2.24, 2.45) is 17.8 Å². The van der Waals surface area contributed by atoms with Crippen LogP contribution in [-0.4, -0.2) is 134 Å². The molecule has 54 heavy (non-hydrogen) atoms. The van der Waals surface area contributed by atoms with Crippen molar-refractivity contribution >= 4 is 34.8 Å². The maximum Gasteiger partial charge on any atom is 0.338 e. The molecule has 6 rings (SSSR count). The first-order valence-electron chi connectivity index (χ1n) is 17.2. The lowest BCUT2D eigenvalue weighted by Crippen LogP contribution is -2.58. The number of carbonyl (C=O) groups excluding carboxylic acids is 2. The van der Waals surface area contributed by atoms with Crippen molar-refractivity contribution in [3.63, 3.8) is 0 Å². The van der Waals surface area contributed by atoms with Crippen LogP contribution in [0.25, 0.3) is 10.9 Å². The molecule has 17 heteroatoms. The van der Waals surface area contributed by atoms with E-state index in [9.17, 15) is 19.2 Å². The van der Waals surface area contributed by atoms with Gasteiger partial charge in [-0.25, -0.2) is 14.4 Å². The van der Waals surface area contributed by atoms with Crippen LogP contribution < -0.4 is 18.9 Å². The molecule has 1 saturated heterocycles. The van der Waals surface area contributed by atoms with E-state index in [-0.39, 0.29) is 29.4 Å². The highest BCUT2D eigenvalue weighted by atomic mass is 16.6. The number of H-pyrrole nitrogens is 1. The molecule has 1 aromatic heterocycles. The summed E-state index contributed by atoms with van der Waals surface area (Å²) in [6.45, 7) is 1.68. The van der Waals surface area contributed by atoms with Crippen LogP contribution >= 0.6 is 0 Å². The van der Waals surface area contributed by atoms with Gasteiger partial charge in [0.25, 0.3) is 0 Å². The van der Waals surface area contributed by atoms with Gasteiger partial charge in [0.1, 0.15) is 18.0 Å². The SMILES string of the molecule is COC(=O)[C@H]1[C@H]2C[C@@H]3c4[nH]c5cc(OC)ccc5c4CCN3C[C@H]2C[C@@H](OC(=O)c2cc(OC)c(OC)c(OC)c2)[C@@H]1OC.O=C(O)[C@H](O)[C@@H](O)C(=O)O. The highest BCUT2D eigenvalue weighted by molar-refractivity contribution is 5.91. The molecule has 2 aliphatic heterocycles. The molecule has 5 N–H and O–H groups in total. The maximum absolute atomic E-state index is 13.5. The molecule has 0 radical (unpaired) electrons. The van der Waals surface area contributed by atoms with E-state index in [4.69, 9.17) is 53.6 Å². The Bertz CT molecular complexity index is 1820. The van der Waals surface area contributed by atoms with E-state index in [1.54, 1.807) is 26.4 Å². The van der Waals surface area contributed by atoms with Crippen molar-refractivity contribution in [3.8, 4) is 23.0 Å². The summed E-state index contributed by atoms with van der Waals surface area (Å²) in [6.07, 6.45) is -3.61. The van der Waals surface area contributed by atoms with Crippen LogP contribution in [0.2, 0.25) is 0 Å². The Kier molecular flexibility index (Phi) is 12.6. The lowest BCUT2D eigenvalue weighted by atomic mass is 9.63. The molecule has 2 aromatic carbocycles. The number of piperidine rings is 1. The smallest absolute Gasteiger partial charge is 0.338 e. The number of aromatic nitrogens is 1. The van der Waals surface area contributed by atoms with Crippen LogP contribution in [0.15, 0.2) is 30.3 Å². The van der Waals surface area contributed by atoms with E-state index >= 15 is 0 Å². The zero-order valence-electron chi connectivity index (χ0n) is 30.8. The van der Waals surface area contributed by atoms with Crippen LogP contribution in [0.3, 0.4) is 0 Å². The van der Waals surface area contributed by atoms with Gasteiger partial charge in [0.2, 0.25) is 5.75 Å². The second kappa shape index (κ2) is 16.9. The molecule has 0 spiro atoms. The van der Waals surface area contributed by atoms with Gasteiger partial charge < -0.3 is 58.6 Å². The van der Waals surface area contributed by atoms with E-state index in [0.29, 0.717) is 23.7 Å². The summed E-state index contributed by atoms with van der Waals surface area (Å²) >= 11 is 0. The third kappa shape index (κ3) is 7.75. The monoisotopic (exact) mass is 758 g/mol. The van der Waals surface area contributed by atoms with Crippen LogP contribution in [0.4, 0.5) is 0 Å². The number of nitrogens with zero attached hydrogens (tertiary/aromatic N) is 1. The largest absolute Gasteiger partial charge is 0.497 e. The van der Waals surface area contributed by atoms with E-state index in [0.717, 1.165) is 37.2 Å². The summed E-state index contributed by atoms with van der Waals surface area (Å²) in [5, 5.41) is 33.7. The fourth-order valence-electron chi connectivity index (χ4n) is 8.03. The molecular formula is C37H46N2O15. The first kappa shape index (κ1) is 40.1. The van der Waals surface area contributed by atoms with Crippen LogP contribution in [-0.2, 0) is 35.0 Å². The first-order chi connectivity index (χ1) is 25.8. The third-order valence-electron chi connectivity index (χ3n) is 10.6. The molecular weight excluding hydrogens is 712 g/mol. The minimum Gasteiger partial charge on any atom is -0.497 e. The number of ether oxygens (including phenoxy) is 7. The minimum absolute atomic E-state index is 0.0170. The van der Waals surface area contributed by atoms with Gasteiger partial charge in [0, 0.05) is 42.9 Å². The van der Waals surface area contributed by atoms with Crippen molar-refractivity contribution in [3.05, 3.63) is 47.2 Å². The topological polar surface area (TPSA) is 233 Å². The van der Waals surface area contributed by atoms with Gasteiger partial charge in [-0.1, -0.05) is 0 Å². The van der Waals surface area contributed by atoms with Gasteiger partial charge in [0.15, 0.2) is 23.7 Å². The number of rotatable bonds is 11. The van der Waals surface area contributed by atoms with Gasteiger partial charge >= 0.3 is 23.9 Å². The average Bonchev–Trinajstić information content (AvgIpc) is 3.56. The number of aliphatic hydroxyl groups excluding tert-OH is 2. The number of hydrogen-bond donors (Lipinski definition) is 5. The summed E-state index contributed by atoms with van der Waals surface area (Å²) in [6, 6.07) is 9.40. The number of fused-ring (bicyclic) bond motifs is 6. The van der Waals surface area contributed by atoms with Crippen molar-refractivity contribution in [2.75, 3.05) is 55.7 Å². The van der Waals surface area contributed by atoms with Crippen molar-refractivity contribution < 1.29 is 72.8 Å². The van der Waals surface area contributed by atoms with Crippen molar-refractivity contribution in [2.45, 2.75) is 49.7 Å². The second-order valence-corrected chi connectivity index (χ2v) is 13.3. The molecule has 3 aromatic rings. The zero-order valence-corrected chi connectivity index (χ0v) is 30.8. The van der Waals surface area contributed by atoms with E-state index < -0.39 is 48.2 Å². The molecule has 294 valence electrons. The summed E-state index contributed by atoms with van der Waals surface area (Å²) in [5.41, 5.74) is 3.83. The van der Waals surface area contributed by atoms with Crippen LogP contribution in [0, 0.1) is 17.8 Å². The number of carboxylic acids is 2. The predicted octanol–water partition coefficient (Wildman–Crippen LogP) is 2.05. The standard InChI is InChI=1S/C33H40N2O9.C4H6O6/c1-38-19-7-8-20-21-9-10-35-16-18-13-27(44-32(36)17-11-25(39-2)30(41-4)26(12-17)40-3)31(42-5)28(33(37)43-6)22(18)15-24(35)29(21)34-23(20)14-19;5-1(3(7)8)2(6)4(9)10/h7-8,11-12,14,18,22,24,27-28,31,34H,9-10,13,15-16H2,1-6H3;1-2,5-6H,(H,7,8)(H,9,10)/t18-,22+,24-,27-,28+,31+;1-,2-/m11/s1. The van der Waals surface area contributed by atoms with Gasteiger partial charge in [-0.3, -0.25) is 9.69 Å². The van der Waals surface area contributed by atoms with E-state index in [1.807, 2.05) is 12.1 Å². The minimum atomic E-state index is -2.27. The molecule has 1 saturated carbocycles. The van der Waals surface area contributed by atoms with E-state index in [1.165, 1.54) is 45.1 Å². The Labute approximate surface area is 310 Å². The predicted molar refractivity (Wildman–Crippen MR) is 188 cm³/mol. The number of aromatic amines is 1. The fourth-order valence-corrected chi connectivity index (χ4v) is 8.03. The molecule has 2 fully saturated rings. The molecule has 17 nitrogen and oxygen atoms in total. The Balaban J connectivity index is 0.000000493. The second-order valence-electron chi connectivity index (χ2n) is 13.3. The number of benzene rings is 2. The van der Waals surface area contributed by atoms with Gasteiger partial charge in [-0.15, -0.1) is 0 Å². The fraction of sp³-hybridized carbons (Fsp3) is 0.514. The van der Waals surface area contributed by atoms with E-state index in [2.05, 4.69) is 16.0 Å². The van der Waals surface area contributed by atoms with Gasteiger partial charge in [0.05, 0.1) is 53.1 Å². The van der Waals surface area contributed by atoms with Crippen molar-refractivity contribution in [1.82, 2.24) is 9.88 Å². The highest BCUT2D eigenvalue weighted by Crippen LogP contribution is 2.51. The van der Waals surface area contributed by atoms with Gasteiger partial charge in [-0.05, 0) is 60.9 Å². The Morgan fingerprint density at radius 2 is 1.50 bits per heavy atom. The molecule has 0 bridgehead atoms. The molecule has 1 aliphatic carbocycles. The normalized spacial score (nSPS) is 24.2. The highest BCUT2D eigenvalue weighted by Gasteiger charge is 2.54. The summed E-state index contributed by atoms with van der Waals surface area (Å²) in [5.74, 6) is -3.10. The van der Waals surface area contributed by atoms with Gasteiger partial charge in [-0.2, -0.15) is 0 Å². The molecule has 8 atom stereocenters. The molecule has 0 unspecified atom stereocenters. The molecule has 0 amide bonds. The number of aliphatic hydroxyl groups is 2. The zero-order chi connectivity index (χ0) is 39.4. The molecule has 3 aliphatic rings. The number of hydrogen-bond acceptors (Lipinski definition) is 14. The lowest BCUT2D eigenvalue weighted by molar-refractivity contribution is -0.176. The quantitative estimate of drug-likeness (QED) is 0.176. The number of carbonyl (C=O) groups is 4. The maximum atomic E-state index is 13.5. The number of nitrogens with one attached hydrogen (secondary N) is 1. The van der Waals surface area contributed by atoms with Crippen molar-refractivity contribution in [1.29, 1.82) is 0 Å². The number of carboxylic acid groups (broad SMARTS) is 2. The van der Waals surface area contributed by atoms with Crippen LogP contribution in [0.1, 0.15) is 40.5 Å². The summed E-state index contributed by atoms with van der Waals surface area (Å²) in [4.78, 5) is 52.7. The molecule has 3 heterocycles. The lowest BCUT2D eigenvalue weighted by Gasteiger charge is -2.52. The van der Waals surface area contributed by atoms with Crippen LogP contribution in [0.5, 0.6) is 23.0 Å². The average molecular weight is 759 g/mol. The summed E-state index contributed by atoms with van der Waals surface area (Å²) < 4.78 is 39.1. The first-order valence-corrected chi connectivity index (χ1v) is 17.2. The number of methoxy groups -OCH3 is 6. The number of esters is 2. The summed E-state index contributed by atoms with van der Waals surface area (Å²) in [7, 11) is 9.10. The Morgan fingerprint density at radius 3 is 2.04 bits per heavy atom. The Morgan fingerprint density at radius 1 is 0.852 bits per heavy atom. The number of aliphatic carboxylic acids is 2. The third-order valence-corrected chi connectivity index (χ3v) is 10.6.